The molecular weight excluding hydrogens is 333 g/mol. The Hall–Kier alpha value is -1.39. The van der Waals surface area contributed by atoms with Crippen LogP contribution < -0.4 is 10.5 Å². The summed E-state index contributed by atoms with van der Waals surface area (Å²) in [5.41, 5.74) is 8.94. The molecule has 0 aliphatic heterocycles. The van der Waals surface area contributed by atoms with Crippen LogP contribution in [0.25, 0.3) is 0 Å². The van der Waals surface area contributed by atoms with Crippen LogP contribution in [0.3, 0.4) is 0 Å². The lowest BCUT2D eigenvalue weighted by Crippen LogP contribution is -2.29. The summed E-state index contributed by atoms with van der Waals surface area (Å²) in [7, 11) is 0. The van der Waals surface area contributed by atoms with Gasteiger partial charge in [-0.15, -0.1) is 0 Å². The van der Waals surface area contributed by atoms with Gasteiger partial charge in [-0.05, 0) is 61.7 Å². The molecule has 2 rings (SSSR count). The van der Waals surface area contributed by atoms with Gasteiger partial charge < -0.3 is 10.5 Å². The number of ether oxygens (including phenoxy) is 1. The molecule has 21 heavy (non-hydrogen) atoms. The van der Waals surface area contributed by atoms with Gasteiger partial charge >= 0.3 is 0 Å². The van der Waals surface area contributed by atoms with E-state index in [2.05, 4.69) is 15.9 Å². The summed E-state index contributed by atoms with van der Waals surface area (Å²) in [4.78, 5) is 0. The van der Waals surface area contributed by atoms with Crippen LogP contribution in [0.1, 0.15) is 29.7 Å². The summed E-state index contributed by atoms with van der Waals surface area (Å²) < 4.78 is 20.5. The molecule has 0 saturated carbocycles. The van der Waals surface area contributed by atoms with Crippen LogP contribution in [0.2, 0.25) is 0 Å². The molecule has 0 aromatic heterocycles. The number of aryl methyl sites for hydroxylation is 2. The highest BCUT2D eigenvalue weighted by Crippen LogP contribution is 2.30. The third kappa shape index (κ3) is 3.83. The van der Waals surface area contributed by atoms with Crippen molar-refractivity contribution in [2.24, 2.45) is 5.73 Å². The van der Waals surface area contributed by atoms with Crippen molar-refractivity contribution in [1.29, 1.82) is 0 Å². The molecule has 4 heteroatoms. The number of halogens is 2. The fourth-order valence-electron chi connectivity index (χ4n) is 2.28. The Balaban J connectivity index is 2.33. The average Bonchev–Trinajstić information content (AvgIpc) is 2.41. The predicted molar refractivity (Wildman–Crippen MR) is 87.0 cm³/mol. The van der Waals surface area contributed by atoms with Crippen LogP contribution in [0, 0.1) is 19.7 Å². The number of benzene rings is 2. The van der Waals surface area contributed by atoms with E-state index in [4.69, 9.17) is 10.5 Å². The highest BCUT2D eigenvalue weighted by molar-refractivity contribution is 9.10. The van der Waals surface area contributed by atoms with Crippen LogP contribution in [0.4, 0.5) is 4.39 Å². The fraction of sp³-hybridized carbons (Fsp3) is 0.294. The number of nitrogens with two attached hydrogens (primary N) is 1. The first-order valence-corrected chi connectivity index (χ1v) is 7.62. The zero-order valence-corrected chi connectivity index (χ0v) is 13.9. The Labute approximate surface area is 133 Å². The quantitative estimate of drug-likeness (QED) is 0.868. The van der Waals surface area contributed by atoms with Crippen LogP contribution in [-0.2, 0) is 0 Å². The molecule has 0 spiro atoms. The molecule has 2 nitrogen and oxygen atoms in total. The zero-order chi connectivity index (χ0) is 15.6. The number of rotatable bonds is 4. The molecule has 2 aromatic rings. The first kappa shape index (κ1) is 16.0. The average molecular weight is 352 g/mol. The molecule has 0 heterocycles. The lowest BCUT2D eigenvalue weighted by atomic mass is 10.0. The van der Waals surface area contributed by atoms with Gasteiger partial charge in [0, 0.05) is 10.5 Å². The summed E-state index contributed by atoms with van der Waals surface area (Å²) in [6.45, 7) is 5.87. The zero-order valence-electron chi connectivity index (χ0n) is 12.4. The highest BCUT2D eigenvalue weighted by Gasteiger charge is 2.19. The van der Waals surface area contributed by atoms with E-state index < -0.39 is 0 Å². The first-order chi connectivity index (χ1) is 9.88. The van der Waals surface area contributed by atoms with Crippen molar-refractivity contribution in [3.63, 3.8) is 0 Å². The number of hydrogen-bond donors (Lipinski definition) is 1. The van der Waals surface area contributed by atoms with Gasteiger partial charge in [0.05, 0.1) is 0 Å². The first-order valence-electron chi connectivity index (χ1n) is 6.83. The maximum absolute atomic E-state index is 13.4. The smallest absolute Gasteiger partial charge is 0.139 e. The summed E-state index contributed by atoms with van der Waals surface area (Å²) in [6, 6.07) is 10.0. The third-order valence-corrected chi connectivity index (χ3v) is 4.58. The van der Waals surface area contributed by atoms with Crippen LogP contribution in [0.5, 0.6) is 5.75 Å². The molecule has 2 N–H and O–H groups in total. The Morgan fingerprint density at radius 2 is 1.76 bits per heavy atom. The summed E-state index contributed by atoms with van der Waals surface area (Å²) in [6.07, 6.45) is -0.388. The summed E-state index contributed by atoms with van der Waals surface area (Å²) >= 11 is 3.53. The minimum Gasteiger partial charge on any atom is -0.484 e. The molecule has 0 aliphatic carbocycles. The maximum Gasteiger partial charge on any atom is 0.139 e. The van der Waals surface area contributed by atoms with Crippen molar-refractivity contribution >= 4 is 15.9 Å². The topological polar surface area (TPSA) is 35.2 Å². The van der Waals surface area contributed by atoms with Crippen molar-refractivity contribution < 1.29 is 9.13 Å². The molecule has 0 bridgehead atoms. The van der Waals surface area contributed by atoms with E-state index in [1.54, 1.807) is 6.07 Å². The minimum absolute atomic E-state index is 0.254. The molecule has 0 radical (unpaired) electrons. The van der Waals surface area contributed by atoms with E-state index >= 15 is 0 Å². The second kappa shape index (κ2) is 6.58. The maximum atomic E-state index is 13.4. The minimum atomic E-state index is -0.388. The van der Waals surface area contributed by atoms with E-state index in [0.717, 1.165) is 26.9 Å². The molecule has 0 amide bonds. The molecule has 2 atom stereocenters. The molecule has 112 valence electrons. The van der Waals surface area contributed by atoms with E-state index in [-0.39, 0.29) is 18.0 Å². The Morgan fingerprint density at radius 1 is 1.14 bits per heavy atom. The summed E-state index contributed by atoms with van der Waals surface area (Å²) in [5, 5.41) is 0. The molecule has 2 unspecified atom stereocenters. The monoisotopic (exact) mass is 351 g/mol. The molecule has 0 aliphatic rings. The Kier molecular flexibility index (Phi) is 5.01. The Bertz CT molecular complexity index is 619. The lowest BCUT2D eigenvalue weighted by Gasteiger charge is -2.24. The van der Waals surface area contributed by atoms with Crippen molar-refractivity contribution in [2.45, 2.75) is 32.9 Å². The number of hydrogen-bond acceptors (Lipinski definition) is 2. The Morgan fingerprint density at radius 3 is 2.29 bits per heavy atom. The van der Waals surface area contributed by atoms with Crippen molar-refractivity contribution in [3.05, 3.63) is 63.4 Å². The van der Waals surface area contributed by atoms with Gasteiger partial charge in [-0.25, -0.2) is 4.39 Å². The van der Waals surface area contributed by atoms with Crippen molar-refractivity contribution in [2.75, 3.05) is 0 Å². The largest absolute Gasteiger partial charge is 0.484 e. The van der Waals surface area contributed by atoms with Gasteiger partial charge in [0.2, 0.25) is 0 Å². The molecule has 2 aromatic carbocycles. The SMILES string of the molecule is Cc1cc(OC(c2cccc(F)c2)C(C)N)cc(C)c1Br. The third-order valence-electron chi connectivity index (χ3n) is 3.33. The highest BCUT2D eigenvalue weighted by atomic mass is 79.9. The van der Waals surface area contributed by atoms with Crippen molar-refractivity contribution in [1.82, 2.24) is 0 Å². The second-order valence-corrected chi connectivity index (χ2v) is 6.12. The van der Waals surface area contributed by atoms with Gasteiger partial charge in [0.15, 0.2) is 0 Å². The summed E-state index contributed by atoms with van der Waals surface area (Å²) in [5.74, 6) is 0.449. The normalized spacial score (nSPS) is 13.8. The van der Waals surface area contributed by atoms with Gasteiger partial charge in [0.25, 0.3) is 0 Å². The van der Waals surface area contributed by atoms with Gasteiger partial charge in [0.1, 0.15) is 17.7 Å². The van der Waals surface area contributed by atoms with Crippen LogP contribution in [-0.4, -0.2) is 6.04 Å². The molecule has 0 fully saturated rings. The van der Waals surface area contributed by atoms with Crippen LogP contribution >= 0.6 is 15.9 Å². The van der Waals surface area contributed by atoms with Crippen LogP contribution in [0.15, 0.2) is 40.9 Å². The van der Waals surface area contributed by atoms with Crippen molar-refractivity contribution in [3.8, 4) is 5.75 Å². The molecule has 0 saturated heterocycles. The van der Waals surface area contributed by atoms with E-state index in [9.17, 15) is 4.39 Å². The van der Waals surface area contributed by atoms with E-state index in [0.29, 0.717) is 0 Å². The lowest BCUT2D eigenvalue weighted by molar-refractivity contribution is 0.180. The predicted octanol–water partition coefficient (Wildman–Crippen LogP) is 4.67. The standard InChI is InChI=1S/C17H19BrFNO/c1-10-7-15(8-11(2)16(10)18)21-17(12(3)20)13-5-4-6-14(19)9-13/h4-9,12,17H,20H2,1-3H3. The van der Waals surface area contributed by atoms with E-state index in [1.165, 1.54) is 12.1 Å². The fourth-order valence-corrected chi connectivity index (χ4v) is 2.51. The van der Waals surface area contributed by atoms with Gasteiger partial charge in [-0.3, -0.25) is 0 Å². The van der Waals surface area contributed by atoms with E-state index in [1.807, 2.05) is 39.0 Å². The second-order valence-electron chi connectivity index (χ2n) is 5.32. The van der Waals surface area contributed by atoms with Gasteiger partial charge in [-0.1, -0.05) is 28.1 Å². The molecular formula is C17H19BrFNO. The van der Waals surface area contributed by atoms with Gasteiger partial charge in [-0.2, -0.15) is 0 Å².